The molecule has 0 aromatic heterocycles. The first-order valence-corrected chi connectivity index (χ1v) is 6.59. The normalized spacial score (nSPS) is 13.9. The van der Waals surface area contributed by atoms with Gasteiger partial charge in [0, 0.05) is 19.3 Å². The fourth-order valence-electron chi connectivity index (χ4n) is 2.00. The molecule has 1 aromatic carbocycles. The van der Waals surface area contributed by atoms with E-state index in [4.69, 9.17) is 0 Å². The van der Waals surface area contributed by atoms with E-state index in [0.717, 1.165) is 13.0 Å². The van der Waals surface area contributed by atoms with E-state index in [1.54, 1.807) is 14.0 Å². The highest BCUT2D eigenvalue weighted by atomic mass is 16.4. The molecule has 106 valence electrons. The number of nitrogens with one attached hydrogen (secondary N) is 1. The maximum absolute atomic E-state index is 11.2. The van der Waals surface area contributed by atoms with Gasteiger partial charge in [-0.3, -0.25) is 4.79 Å². The number of carboxylic acids is 1. The van der Waals surface area contributed by atoms with Crippen LogP contribution in [0.4, 0.5) is 5.69 Å². The lowest BCUT2D eigenvalue weighted by atomic mass is 9.96. The Hall–Kier alpha value is -1.55. The Morgan fingerprint density at radius 3 is 2.68 bits per heavy atom. The third kappa shape index (κ3) is 4.24. The van der Waals surface area contributed by atoms with Gasteiger partial charge in [-0.25, -0.2) is 0 Å². The summed E-state index contributed by atoms with van der Waals surface area (Å²) in [6.07, 6.45) is 1.43. The Morgan fingerprint density at radius 1 is 1.47 bits per heavy atom. The number of anilines is 1. The summed E-state index contributed by atoms with van der Waals surface area (Å²) in [5.41, 5.74) is 1.56. The van der Waals surface area contributed by atoms with Crippen LogP contribution in [0.5, 0.6) is 0 Å². The molecular weight excluding hydrogens is 240 g/mol. The summed E-state index contributed by atoms with van der Waals surface area (Å²) in [5.74, 6) is -0.798. The highest BCUT2D eigenvalue weighted by molar-refractivity contribution is 5.78. The lowest BCUT2D eigenvalue weighted by molar-refractivity contribution is -0.144. The highest BCUT2D eigenvalue weighted by Gasteiger charge is 2.30. The van der Waals surface area contributed by atoms with Crippen molar-refractivity contribution in [1.29, 1.82) is 0 Å². The van der Waals surface area contributed by atoms with Crippen molar-refractivity contribution in [2.75, 3.05) is 25.5 Å². The Bertz CT molecular complexity index is 434. The predicted octanol–water partition coefficient (Wildman–Crippen LogP) is 2.27. The van der Waals surface area contributed by atoms with E-state index in [9.17, 15) is 9.90 Å². The summed E-state index contributed by atoms with van der Waals surface area (Å²) in [6, 6.07) is 8.31. The van der Waals surface area contributed by atoms with Crippen LogP contribution in [-0.4, -0.2) is 37.3 Å². The standard InChI is InChI=1S/C15H24N2O2/c1-12-7-5-8-13(11-12)17(4)10-6-9-15(2,16-3)14(18)19/h5,7-8,11,16H,6,9-10H2,1-4H3,(H,18,19). The van der Waals surface area contributed by atoms with E-state index >= 15 is 0 Å². The molecule has 1 rings (SSSR count). The Kier molecular flexibility index (Phi) is 5.36. The third-order valence-corrected chi connectivity index (χ3v) is 3.64. The first-order chi connectivity index (χ1) is 8.89. The second-order valence-electron chi connectivity index (χ2n) is 5.25. The molecular formula is C15H24N2O2. The van der Waals surface area contributed by atoms with Crippen molar-refractivity contribution in [3.63, 3.8) is 0 Å². The zero-order chi connectivity index (χ0) is 14.5. The molecule has 0 spiro atoms. The summed E-state index contributed by atoms with van der Waals surface area (Å²) in [6.45, 7) is 4.63. The number of rotatable bonds is 7. The maximum Gasteiger partial charge on any atom is 0.323 e. The van der Waals surface area contributed by atoms with Crippen molar-refractivity contribution >= 4 is 11.7 Å². The molecule has 0 fully saturated rings. The van der Waals surface area contributed by atoms with Gasteiger partial charge in [0.05, 0.1) is 0 Å². The van der Waals surface area contributed by atoms with Crippen LogP contribution in [0.25, 0.3) is 0 Å². The van der Waals surface area contributed by atoms with Crippen LogP contribution >= 0.6 is 0 Å². The molecule has 0 aliphatic carbocycles. The number of nitrogens with zero attached hydrogens (tertiary/aromatic N) is 1. The van der Waals surface area contributed by atoms with Gasteiger partial charge >= 0.3 is 5.97 Å². The number of aliphatic carboxylic acids is 1. The topological polar surface area (TPSA) is 52.6 Å². The van der Waals surface area contributed by atoms with Crippen molar-refractivity contribution in [3.8, 4) is 0 Å². The summed E-state index contributed by atoms with van der Waals surface area (Å²) in [4.78, 5) is 13.3. The van der Waals surface area contributed by atoms with Gasteiger partial charge in [0.25, 0.3) is 0 Å². The molecule has 0 heterocycles. The number of benzene rings is 1. The molecule has 0 aliphatic heterocycles. The van der Waals surface area contributed by atoms with Crippen LogP contribution in [0.3, 0.4) is 0 Å². The number of carboxylic acid groups (broad SMARTS) is 1. The van der Waals surface area contributed by atoms with Gasteiger partial charge in [-0.1, -0.05) is 12.1 Å². The first kappa shape index (κ1) is 15.5. The molecule has 0 radical (unpaired) electrons. The molecule has 0 bridgehead atoms. The maximum atomic E-state index is 11.2. The molecule has 1 aromatic rings. The van der Waals surface area contributed by atoms with Gasteiger partial charge in [-0.05, 0) is 51.4 Å². The van der Waals surface area contributed by atoms with Crippen LogP contribution in [0, 0.1) is 6.92 Å². The molecule has 0 saturated heterocycles. The van der Waals surface area contributed by atoms with E-state index in [-0.39, 0.29) is 0 Å². The SMILES string of the molecule is CNC(C)(CCCN(C)c1cccc(C)c1)C(=O)O. The van der Waals surface area contributed by atoms with Gasteiger partial charge in [-0.15, -0.1) is 0 Å². The van der Waals surface area contributed by atoms with Crippen LogP contribution in [-0.2, 0) is 4.79 Å². The smallest absolute Gasteiger partial charge is 0.323 e. The summed E-state index contributed by atoms with van der Waals surface area (Å²) in [7, 11) is 3.73. The molecule has 1 atom stereocenters. The molecule has 2 N–H and O–H groups in total. The third-order valence-electron chi connectivity index (χ3n) is 3.64. The van der Waals surface area contributed by atoms with Gasteiger partial charge in [0.15, 0.2) is 0 Å². The average molecular weight is 264 g/mol. The monoisotopic (exact) mass is 264 g/mol. The molecule has 0 amide bonds. The molecule has 19 heavy (non-hydrogen) atoms. The van der Waals surface area contributed by atoms with Crippen LogP contribution in [0.2, 0.25) is 0 Å². The van der Waals surface area contributed by atoms with E-state index in [1.807, 2.05) is 13.1 Å². The molecule has 4 heteroatoms. The van der Waals surface area contributed by atoms with Crippen molar-refractivity contribution in [1.82, 2.24) is 5.32 Å². The predicted molar refractivity (Wildman–Crippen MR) is 78.8 cm³/mol. The minimum atomic E-state index is -0.840. The second kappa shape index (κ2) is 6.57. The van der Waals surface area contributed by atoms with Crippen molar-refractivity contribution in [2.45, 2.75) is 32.2 Å². The number of hydrogen-bond acceptors (Lipinski definition) is 3. The van der Waals surface area contributed by atoms with Gasteiger partial charge < -0.3 is 15.3 Å². The minimum absolute atomic E-state index is 0.606. The highest BCUT2D eigenvalue weighted by Crippen LogP contribution is 2.17. The second-order valence-corrected chi connectivity index (χ2v) is 5.25. The van der Waals surface area contributed by atoms with E-state index < -0.39 is 11.5 Å². The van der Waals surface area contributed by atoms with Gasteiger partial charge in [0.2, 0.25) is 0 Å². The largest absolute Gasteiger partial charge is 0.480 e. The van der Waals surface area contributed by atoms with E-state index in [1.165, 1.54) is 11.3 Å². The molecule has 0 saturated carbocycles. The van der Waals surface area contributed by atoms with Crippen LogP contribution < -0.4 is 10.2 Å². The van der Waals surface area contributed by atoms with Crippen molar-refractivity contribution in [3.05, 3.63) is 29.8 Å². The van der Waals surface area contributed by atoms with Gasteiger partial charge in [-0.2, -0.15) is 0 Å². The fraction of sp³-hybridized carbons (Fsp3) is 0.533. The summed E-state index contributed by atoms with van der Waals surface area (Å²) >= 11 is 0. The number of carbonyl (C=O) groups is 1. The quantitative estimate of drug-likeness (QED) is 0.793. The fourth-order valence-corrected chi connectivity index (χ4v) is 2.00. The van der Waals surface area contributed by atoms with Crippen LogP contribution in [0.1, 0.15) is 25.3 Å². The number of aryl methyl sites for hydroxylation is 1. The lowest BCUT2D eigenvalue weighted by Crippen LogP contribution is -2.47. The number of hydrogen-bond donors (Lipinski definition) is 2. The van der Waals surface area contributed by atoms with Crippen molar-refractivity contribution in [2.24, 2.45) is 0 Å². The molecule has 0 aliphatic rings. The Morgan fingerprint density at radius 2 is 2.16 bits per heavy atom. The number of likely N-dealkylation sites (N-methyl/N-ethyl adjacent to an activating group) is 1. The van der Waals surface area contributed by atoms with Gasteiger partial charge in [0.1, 0.15) is 5.54 Å². The average Bonchev–Trinajstić information content (AvgIpc) is 2.38. The Balaban J connectivity index is 2.51. The van der Waals surface area contributed by atoms with E-state index in [0.29, 0.717) is 6.42 Å². The Labute approximate surface area is 115 Å². The van der Waals surface area contributed by atoms with Crippen molar-refractivity contribution < 1.29 is 9.90 Å². The molecule has 4 nitrogen and oxygen atoms in total. The lowest BCUT2D eigenvalue weighted by Gasteiger charge is -2.26. The molecule has 1 unspecified atom stereocenters. The summed E-state index contributed by atoms with van der Waals surface area (Å²) in [5, 5.41) is 12.1. The van der Waals surface area contributed by atoms with E-state index in [2.05, 4.69) is 35.3 Å². The zero-order valence-corrected chi connectivity index (χ0v) is 12.2. The first-order valence-electron chi connectivity index (χ1n) is 6.59. The summed E-state index contributed by atoms with van der Waals surface area (Å²) < 4.78 is 0. The minimum Gasteiger partial charge on any atom is -0.480 e. The zero-order valence-electron chi connectivity index (χ0n) is 12.2. The van der Waals surface area contributed by atoms with Crippen LogP contribution in [0.15, 0.2) is 24.3 Å².